The van der Waals surface area contributed by atoms with Crippen LogP contribution in [0, 0.1) is 0 Å². The van der Waals surface area contributed by atoms with Crippen molar-refractivity contribution in [3.8, 4) is 5.75 Å². The molecular weight excluding hydrogens is 223 g/mol. The van der Waals surface area contributed by atoms with Crippen LogP contribution in [-0.2, 0) is 6.54 Å². The Morgan fingerprint density at radius 3 is 2.69 bits per heavy atom. The molecule has 2 rings (SSSR count). The van der Waals surface area contributed by atoms with E-state index >= 15 is 0 Å². The van der Waals surface area contributed by atoms with E-state index in [2.05, 4.69) is 4.74 Å². The van der Waals surface area contributed by atoms with Gasteiger partial charge < -0.3 is 9.64 Å². The summed E-state index contributed by atoms with van der Waals surface area (Å²) in [5, 5.41) is 0. The van der Waals surface area contributed by atoms with E-state index in [0.29, 0.717) is 12.1 Å². The largest absolute Gasteiger partial charge is 0.573 e. The van der Waals surface area contributed by atoms with Crippen molar-refractivity contribution >= 4 is 5.91 Å². The Bertz CT molecular complexity index is 442. The highest BCUT2D eigenvalue weighted by Gasteiger charge is 2.32. The monoisotopic (exact) mass is 231 g/mol. The molecule has 1 amide bonds. The van der Waals surface area contributed by atoms with Crippen molar-refractivity contribution in [2.45, 2.75) is 12.9 Å². The summed E-state index contributed by atoms with van der Waals surface area (Å²) in [5.74, 6) is -0.655. The van der Waals surface area contributed by atoms with Gasteiger partial charge in [-0.2, -0.15) is 0 Å². The van der Waals surface area contributed by atoms with Gasteiger partial charge in [0.1, 0.15) is 5.75 Å². The summed E-state index contributed by atoms with van der Waals surface area (Å²) in [5.41, 5.74) is 0.978. The van der Waals surface area contributed by atoms with E-state index in [0.717, 1.165) is 6.07 Å². The van der Waals surface area contributed by atoms with Gasteiger partial charge in [0, 0.05) is 19.2 Å². The zero-order valence-electron chi connectivity index (χ0n) is 8.34. The third kappa shape index (κ3) is 1.95. The summed E-state index contributed by atoms with van der Waals surface area (Å²) in [4.78, 5) is 12.9. The van der Waals surface area contributed by atoms with Crippen molar-refractivity contribution in [1.82, 2.24) is 4.90 Å². The molecule has 1 aliphatic rings. The van der Waals surface area contributed by atoms with Gasteiger partial charge in [0.25, 0.3) is 5.91 Å². The second kappa shape index (κ2) is 3.40. The molecule has 0 N–H and O–H groups in total. The molecule has 16 heavy (non-hydrogen) atoms. The molecule has 0 fully saturated rings. The fraction of sp³-hybridized carbons (Fsp3) is 0.300. The molecule has 86 valence electrons. The average molecular weight is 231 g/mol. The Balaban J connectivity index is 2.31. The minimum Gasteiger partial charge on any atom is -0.406 e. The first-order valence-electron chi connectivity index (χ1n) is 4.51. The molecule has 3 nitrogen and oxygen atoms in total. The van der Waals surface area contributed by atoms with E-state index in [1.807, 2.05) is 0 Å². The maximum Gasteiger partial charge on any atom is 0.573 e. The van der Waals surface area contributed by atoms with Crippen LogP contribution in [0.5, 0.6) is 5.75 Å². The number of carbonyl (C=O) groups is 1. The molecule has 1 aliphatic heterocycles. The molecular formula is C10H8F3NO2. The number of carbonyl (C=O) groups excluding carboxylic acids is 1. The van der Waals surface area contributed by atoms with E-state index in [1.165, 1.54) is 17.0 Å². The van der Waals surface area contributed by atoms with Crippen LogP contribution in [0.25, 0.3) is 0 Å². The van der Waals surface area contributed by atoms with E-state index in [-0.39, 0.29) is 17.2 Å². The summed E-state index contributed by atoms with van der Waals surface area (Å²) in [6.07, 6.45) is -4.73. The summed E-state index contributed by atoms with van der Waals surface area (Å²) < 4.78 is 39.6. The molecule has 0 unspecified atom stereocenters. The number of halogens is 3. The molecule has 0 aromatic heterocycles. The van der Waals surface area contributed by atoms with Crippen LogP contribution in [0.3, 0.4) is 0 Å². The lowest BCUT2D eigenvalue weighted by Gasteiger charge is -2.09. The molecule has 0 aliphatic carbocycles. The van der Waals surface area contributed by atoms with Crippen molar-refractivity contribution in [2.24, 2.45) is 0 Å². The minimum absolute atomic E-state index is 0.268. The van der Waals surface area contributed by atoms with Crippen LogP contribution in [0.2, 0.25) is 0 Å². The molecule has 1 aromatic rings. The van der Waals surface area contributed by atoms with Crippen LogP contribution in [-0.4, -0.2) is 24.2 Å². The lowest BCUT2D eigenvalue weighted by Crippen LogP contribution is -2.18. The van der Waals surface area contributed by atoms with Gasteiger partial charge in [-0.05, 0) is 17.7 Å². The summed E-state index contributed by atoms with van der Waals surface area (Å²) in [7, 11) is 1.59. The first-order chi connectivity index (χ1) is 7.37. The van der Waals surface area contributed by atoms with E-state index in [4.69, 9.17) is 0 Å². The second-order valence-corrected chi connectivity index (χ2v) is 3.53. The predicted octanol–water partition coefficient (Wildman–Crippen LogP) is 2.17. The van der Waals surface area contributed by atoms with Crippen LogP contribution in [0.1, 0.15) is 15.9 Å². The normalized spacial score (nSPS) is 15.2. The summed E-state index contributed by atoms with van der Waals surface area (Å²) in [6, 6.07) is 3.80. The number of alkyl halides is 3. The van der Waals surface area contributed by atoms with Crippen LogP contribution >= 0.6 is 0 Å². The molecule has 0 saturated heterocycles. The number of benzene rings is 1. The van der Waals surface area contributed by atoms with Crippen molar-refractivity contribution in [3.63, 3.8) is 0 Å². The molecule has 0 saturated carbocycles. The first kappa shape index (κ1) is 10.8. The fourth-order valence-corrected chi connectivity index (χ4v) is 1.62. The predicted molar refractivity (Wildman–Crippen MR) is 48.9 cm³/mol. The topological polar surface area (TPSA) is 29.5 Å². The molecule has 1 heterocycles. The maximum atomic E-state index is 11.9. The number of fused-ring (bicyclic) bond motifs is 1. The first-order valence-corrected chi connectivity index (χ1v) is 4.51. The van der Waals surface area contributed by atoms with E-state index in [1.54, 1.807) is 7.05 Å². The zero-order chi connectivity index (χ0) is 11.9. The molecule has 1 aromatic carbocycles. The van der Waals surface area contributed by atoms with E-state index in [9.17, 15) is 18.0 Å². The fourth-order valence-electron chi connectivity index (χ4n) is 1.62. The smallest absolute Gasteiger partial charge is 0.406 e. The Kier molecular flexibility index (Phi) is 2.29. The number of rotatable bonds is 1. The van der Waals surface area contributed by atoms with Crippen LogP contribution in [0.4, 0.5) is 13.2 Å². The van der Waals surface area contributed by atoms with Gasteiger partial charge in [0.2, 0.25) is 0 Å². The summed E-state index contributed by atoms with van der Waals surface area (Å²) >= 11 is 0. The van der Waals surface area contributed by atoms with Gasteiger partial charge in [-0.1, -0.05) is 6.07 Å². The highest BCUT2D eigenvalue weighted by Crippen LogP contribution is 2.28. The number of nitrogens with zero attached hydrogens (tertiary/aromatic N) is 1. The van der Waals surface area contributed by atoms with Gasteiger partial charge in [-0.15, -0.1) is 13.2 Å². The third-order valence-corrected chi connectivity index (χ3v) is 2.30. The molecule has 0 atom stereocenters. The third-order valence-electron chi connectivity index (χ3n) is 2.30. The van der Waals surface area contributed by atoms with Crippen LogP contribution in [0.15, 0.2) is 18.2 Å². The molecule has 0 spiro atoms. The van der Waals surface area contributed by atoms with Gasteiger partial charge >= 0.3 is 6.36 Å². The summed E-state index contributed by atoms with van der Waals surface area (Å²) in [6.45, 7) is 0.417. The van der Waals surface area contributed by atoms with Gasteiger partial charge in [0.15, 0.2) is 0 Å². The van der Waals surface area contributed by atoms with Gasteiger partial charge in [0.05, 0.1) is 0 Å². The maximum absolute atomic E-state index is 11.9. The van der Waals surface area contributed by atoms with E-state index < -0.39 is 6.36 Å². The molecule has 0 radical (unpaired) electrons. The second-order valence-electron chi connectivity index (χ2n) is 3.53. The highest BCUT2D eigenvalue weighted by molar-refractivity contribution is 5.98. The number of hydrogen-bond donors (Lipinski definition) is 0. The Morgan fingerprint density at radius 2 is 2.06 bits per heavy atom. The number of ether oxygens (including phenoxy) is 1. The standard InChI is InChI=1S/C10H8F3NO2/c1-14-5-6-2-3-7(16-10(11,12)13)4-8(6)9(14)15/h2-4H,5H2,1H3. The Morgan fingerprint density at radius 1 is 1.38 bits per heavy atom. The Hall–Kier alpha value is -1.72. The van der Waals surface area contributed by atoms with Crippen molar-refractivity contribution < 1.29 is 22.7 Å². The lowest BCUT2D eigenvalue weighted by atomic mass is 10.1. The average Bonchev–Trinajstić information content (AvgIpc) is 2.42. The van der Waals surface area contributed by atoms with Crippen molar-refractivity contribution in [2.75, 3.05) is 7.05 Å². The quantitative estimate of drug-likeness (QED) is 0.741. The SMILES string of the molecule is CN1Cc2ccc(OC(F)(F)F)cc2C1=O. The zero-order valence-corrected chi connectivity index (χ0v) is 8.34. The van der Waals surface area contributed by atoms with Crippen molar-refractivity contribution in [1.29, 1.82) is 0 Å². The van der Waals surface area contributed by atoms with Crippen LogP contribution < -0.4 is 4.74 Å². The number of amides is 1. The highest BCUT2D eigenvalue weighted by atomic mass is 19.4. The minimum atomic E-state index is -4.73. The molecule has 6 heteroatoms. The van der Waals surface area contributed by atoms with Gasteiger partial charge in [-0.25, -0.2) is 0 Å². The number of hydrogen-bond acceptors (Lipinski definition) is 2. The van der Waals surface area contributed by atoms with Gasteiger partial charge in [-0.3, -0.25) is 4.79 Å². The lowest BCUT2D eigenvalue weighted by molar-refractivity contribution is -0.274. The Labute approximate surface area is 89.4 Å². The van der Waals surface area contributed by atoms with Crippen molar-refractivity contribution in [3.05, 3.63) is 29.3 Å². The molecule has 0 bridgehead atoms.